The smallest absolute Gasteiger partial charge is 0.269 e. The molecule has 0 radical (unpaired) electrons. The number of carbonyl (C=O) groups excluding carboxylic acids is 3. The Bertz CT molecular complexity index is 1420. The summed E-state index contributed by atoms with van der Waals surface area (Å²) in [6.07, 6.45) is 3.35. The van der Waals surface area contributed by atoms with Gasteiger partial charge in [-0.25, -0.2) is 0 Å². The number of hydrogen-bond acceptors (Lipinski definition) is 5. The Morgan fingerprint density at radius 1 is 1.24 bits per heavy atom. The minimum absolute atomic E-state index is 0.0150. The van der Waals surface area contributed by atoms with Crippen LogP contribution in [0.2, 0.25) is 5.02 Å². The molecule has 5 rings (SSSR count). The summed E-state index contributed by atoms with van der Waals surface area (Å²) < 4.78 is 1.46. The van der Waals surface area contributed by atoms with Crippen molar-refractivity contribution in [1.29, 1.82) is 0 Å². The van der Waals surface area contributed by atoms with Crippen LogP contribution in [0.5, 0.6) is 0 Å². The van der Waals surface area contributed by atoms with E-state index in [0.717, 1.165) is 29.3 Å². The van der Waals surface area contributed by atoms with E-state index >= 15 is 0 Å². The highest BCUT2D eigenvalue weighted by Gasteiger charge is 2.34. The highest BCUT2D eigenvalue weighted by atomic mass is 35.5. The van der Waals surface area contributed by atoms with Crippen molar-refractivity contribution in [3.05, 3.63) is 58.9 Å². The lowest BCUT2D eigenvalue weighted by molar-refractivity contribution is -0.137. The van der Waals surface area contributed by atoms with Crippen LogP contribution >= 0.6 is 11.6 Å². The molecule has 0 saturated heterocycles. The number of hydrogen-bond donors (Lipinski definition) is 3. The Balaban J connectivity index is 1.28. The van der Waals surface area contributed by atoms with Gasteiger partial charge in [0.05, 0.1) is 23.8 Å². The molecule has 3 amide bonds. The van der Waals surface area contributed by atoms with Crippen LogP contribution in [0.4, 0.5) is 0 Å². The van der Waals surface area contributed by atoms with Gasteiger partial charge in [-0.05, 0) is 36.6 Å². The first-order valence-corrected chi connectivity index (χ1v) is 11.2. The van der Waals surface area contributed by atoms with Crippen molar-refractivity contribution in [2.75, 3.05) is 6.54 Å². The topological polar surface area (TPSA) is 139 Å². The summed E-state index contributed by atoms with van der Waals surface area (Å²) in [5, 5.41) is 16.0. The van der Waals surface area contributed by atoms with Crippen molar-refractivity contribution in [3.63, 3.8) is 0 Å². The Morgan fingerprint density at radius 3 is 2.79 bits per heavy atom. The zero-order valence-corrected chi connectivity index (χ0v) is 18.9. The van der Waals surface area contributed by atoms with Crippen LogP contribution in [0.25, 0.3) is 21.8 Å². The number of halogens is 1. The number of para-hydroxylation sites is 1. The number of aromatic nitrogens is 4. The van der Waals surface area contributed by atoms with Gasteiger partial charge in [0.2, 0.25) is 11.8 Å². The lowest BCUT2D eigenvalue weighted by atomic mass is 10.1. The third-order valence-electron chi connectivity index (χ3n) is 5.87. The monoisotopic (exact) mass is 479 g/mol. The van der Waals surface area contributed by atoms with Gasteiger partial charge in [-0.15, -0.1) is 0 Å². The molecule has 174 valence electrons. The van der Waals surface area contributed by atoms with Crippen molar-refractivity contribution < 1.29 is 14.4 Å². The fourth-order valence-electron chi connectivity index (χ4n) is 4.09. The number of fused-ring (bicyclic) bond motifs is 2. The average Bonchev–Trinajstić information content (AvgIpc) is 3.43. The minimum atomic E-state index is -0.659. The minimum Gasteiger partial charge on any atom is -0.364 e. The van der Waals surface area contributed by atoms with Gasteiger partial charge < -0.3 is 16.0 Å². The van der Waals surface area contributed by atoms with Crippen LogP contribution in [0, 0.1) is 0 Å². The molecule has 2 aromatic heterocycles. The van der Waals surface area contributed by atoms with E-state index in [1.165, 1.54) is 4.68 Å². The zero-order chi connectivity index (χ0) is 23.8. The summed E-state index contributed by atoms with van der Waals surface area (Å²) in [5.41, 5.74) is 7.81. The average molecular weight is 480 g/mol. The number of carbonyl (C=O) groups is 3. The van der Waals surface area contributed by atoms with Gasteiger partial charge in [0.1, 0.15) is 6.54 Å². The highest BCUT2D eigenvalue weighted by molar-refractivity contribution is 6.31. The van der Waals surface area contributed by atoms with Crippen LogP contribution in [0.1, 0.15) is 28.9 Å². The molecule has 0 unspecified atom stereocenters. The van der Waals surface area contributed by atoms with Crippen molar-refractivity contribution in [2.45, 2.75) is 32.0 Å². The Morgan fingerprint density at radius 2 is 2.03 bits per heavy atom. The number of aromatic amines is 1. The molecule has 1 fully saturated rings. The fraction of sp³-hybridized carbons (Fsp3) is 0.261. The molecule has 2 heterocycles. The van der Waals surface area contributed by atoms with Gasteiger partial charge >= 0.3 is 0 Å². The lowest BCUT2D eigenvalue weighted by Crippen LogP contribution is -2.43. The van der Waals surface area contributed by atoms with Gasteiger partial charge in [-0.3, -0.25) is 24.2 Å². The summed E-state index contributed by atoms with van der Waals surface area (Å²) in [4.78, 5) is 39.2. The first-order chi connectivity index (χ1) is 16.4. The van der Waals surface area contributed by atoms with Crippen molar-refractivity contribution >= 4 is 51.1 Å². The quantitative estimate of drug-likeness (QED) is 0.354. The van der Waals surface area contributed by atoms with E-state index in [4.69, 9.17) is 17.3 Å². The van der Waals surface area contributed by atoms with Gasteiger partial charge in [0.25, 0.3) is 5.91 Å². The first kappa shape index (κ1) is 21.9. The van der Waals surface area contributed by atoms with E-state index in [1.54, 1.807) is 47.5 Å². The maximum atomic E-state index is 13.1. The van der Waals surface area contributed by atoms with E-state index in [0.29, 0.717) is 15.9 Å². The summed E-state index contributed by atoms with van der Waals surface area (Å²) in [5.74, 6) is -1.19. The maximum absolute atomic E-state index is 13.1. The molecule has 0 spiro atoms. The first-order valence-electron chi connectivity index (χ1n) is 10.8. The van der Waals surface area contributed by atoms with E-state index in [-0.39, 0.29) is 43.2 Å². The number of nitrogens with two attached hydrogens (primary N) is 1. The number of nitrogens with one attached hydrogen (secondary N) is 2. The second-order valence-corrected chi connectivity index (χ2v) is 8.75. The van der Waals surface area contributed by atoms with Gasteiger partial charge in [-0.2, -0.15) is 10.2 Å². The third kappa shape index (κ3) is 4.32. The van der Waals surface area contributed by atoms with Crippen molar-refractivity contribution in [1.82, 2.24) is 30.2 Å². The number of primary amides is 1. The van der Waals surface area contributed by atoms with Crippen LogP contribution in [-0.2, 0) is 22.7 Å². The molecule has 0 aliphatic heterocycles. The second kappa shape index (κ2) is 8.79. The number of amides is 3. The Hall–Kier alpha value is -3.92. The van der Waals surface area contributed by atoms with Crippen LogP contribution in [0.3, 0.4) is 0 Å². The number of rotatable bonds is 8. The SMILES string of the molecule is NC(=O)c1nn(CC(=O)N(CC(=O)NCc2cc(Cl)cc3cn[nH]c23)C2CC2)c2ccccc12. The molecular formula is C23H22ClN7O3. The molecule has 0 atom stereocenters. The van der Waals surface area contributed by atoms with E-state index in [2.05, 4.69) is 20.6 Å². The molecule has 1 saturated carbocycles. The second-order valence-electron chi connectivity index (χ2n) is 8.32. The van der Waals surface area contributed by atoms with E-state index in [9.17, 15) is 14.4 Å². The van der Waals surface area contributed by atoms with Crippen LogP contribution in [-0.4, -0.2) is 55.2 Å². The summed E-state index contributed by atoms with van der Waals surface area (Å²) in [6.45, 7) is 0.0786. The number of nitrogens with zero attached hydrogens (tertiary/aromatic N) is 4. The Labute approximate surface area is 199 Å². The van der Waals surface area contributed by atoms with Crippen molar-refractivity contribution in [3.8, 4) is 0 Å². The number of H-pyrrole nitrogens is 1. The number of benzene rings is 2. The summed E-state index contributed by atoms with van der Waals surface area (Å²) in [7, 11) is 0. The molecule has 34 heavy (non-hydrogen) atoms. The van der Waals surface area contributed by atoms with Crippen LogP contribution in [0.15, 0.2) is 42.6 Å². The third-order valence-corrected chi connectivity index (χ3v) is 6.09. The maximum Gasteiger partial charge on any atom is 0.269 e. The zero-order valence-electron chi connectivity index (χ0n) is 18.1. The summed E-state index contributed by atoms with van der Waals surface area (Å²) in [6, 6.07) is 10.7. The molecule has 4 aromatic rings. The predicted octanol–water partition coefficient (Wildman–Crippen LogP) is 1.97. The molecule has 1 aliphatic carbocycles. The molecular weight excluding hydrogens is 458 g/mol. The van der Waals surface area contributed by atoms with Gasteiger partial charge in [-0.1, -0.05) is 29.8 Å². The molecule has 0 bridgehead atoms. The van der Waals surface area contributed by atoms with Crippen LogP contribution < -0.4 is 11.1 Å². The lowest BCUT2D eigenvalue weighted by Gasteiger charge is -2.22. The fourth-order valence-corrected chi connectivity index (χ4v) is 4.34. The van der Waals surface area contributed by atoms with Gasteiger partial charge in [0, 0.05) is 28.4 Å². The standard InChI is InChI=1S/C23H22ClN7O3/c24-15-7-13(21-14(8-15)10-27-28-21)9-26-19(32)11-30(16-5-6-16)20(33)12-31-18-4-2-1-3-17(18)22(29-31)23(25)34/h1-4,7-8,10,16H,5-6,9,11-12H2,(H2,25,34)(H,26,32)(H,27,28). The summed E-state index contributed by atoms with van der Waals surface area (Å²) >= 11 is 6.17. The molecule has 4 N–H and O–H groups in total. The molecule has 2 aromatic carbocycles. The largest absolute Gasteiger partial charge is 0.364 e. The van der Waals surface area contributed by atoms with Gasteiger partial charge in [0.15, 0.2) is 5.69 Å². The molecule has 1 aliphatic rings. The van der Waals surface area contributed by atoms with E-state index in [1.807, 2.05) is 0 Å². The molecule has 11 heteroatoms. The predicted molar refractivity (Wildman–Crippen MR) is 126 cm³/mol. The normalized spacial score (nSPS) is 13.3. The van der Waals surface area contributed by atoms with Crippen molar-refractivity contribution in [2.24, 2.45) is 5.73 Å². The Kier molecular flexibility index (Phi) is 5.66. The van der Waals surface area contributed by atoms with E-state index < -0.39 is 5.91 Å². The molecule has 10 nitrogen and oxygen atoms in total. The highest BCUT2D eigenvalue weighted by Crippen LogP contribution is 2.27.